The Kier molecular flexibility index (Phi) is 3.83. The smallest absolute Gasteiger partial charge is 0.356 e. The summed E-state index contributed by atoms with van der Waals surface area (Å²) >= 11 is 0. The summed E-state index contributed by atoms with van der Waals surface area (Å²) < 4.78 is 5.37. The molecule has 3 rings (SSSR count). The van der Waals surface area contributed by atoms with Gasteiger partial charge in [-0.25, -0.2) is 4.79 Å². The lowest BCUT2D eigenvalue weighted by Crippen LogP contribution is -2.12. The lowest BCUT2D eigenvalue weighted by molar-refractivity contribution is -0.139. The van der Waals surface area contributed by atoms with Gasteiger partial charge in [0.1, 0.15) is 5.70 Å². The highest BCUT2D eigenvalue weighted by Gasteiger charge is 2.28. The van der Waals surface area contributed by atoms with Crippen LogP contribution in [-0.4, -0.2) is 20.1 Å². The fraction of sp³-hybridized carbons (Fsp3) is 0.167. The Morgan fingerprint density at radius 1 is 1.05 bits per heavy atom. The number of rotatable bonds is 3. The maximum absolute atomic E-state index is 12.0. The molecule has 0 saturated carbocycles. The van der Waals surface area contributed by atoms with Crippen LogP contribution in [0, 0.1) is 0 Å². The molecule has 0 aromatic heterocycles. The molecule has 0 bridgehead atoms. The van der Waals surface area contributed by atoms with Crippen molar-refractivity contribution in [1.82, 2.24) is 5.32 Å². The van der Waals surface area contributed by atoms with Gasteiger partial charge >= 0.3 is 5.97 Å². The molecule has 22 heavy (non-hydrogen) atoms. The molecular formula is C18H18N2O2. The predicted molar refractivity (Wildman–Crippen MR) is 87.2 cm³/mol. The van der Waals surface area contributed by atoms with Crippen LogP contribution in [0.1, 0.15) is 17.4 Å². The minimum absolute atomic E-state index is 0.328. The van der Waals surface area contributed by atoms with Gasteiger partial charge in [0.25, 0.3) is 0 Å². The molecule has 2 aromatic carbocycles. The van der Waals surface area contributed by atoms with E-state index in [1.807, 2.05) is 79.7 Å². The van der Waals surface area contributed by atoms with Crippen LogP contribution in [0.15, 0.2) is 60.3 Å². The van der Waals surface area contributed by atoms with Crippen molar-refractivity contribution < 1.29 is 9.53 Å². The van der Waals surface area contributed by atoms with Crippen LogP contribution in [0.2, 0.25) is 0 Å². The Bertz CT molecular complexity index is 691. The van der Waals surface area contributed by atoms with Crippen LogP contribution in [0.3, 0.4) is 0 Å². The minimum Gasteiger partial charge on any atom is -0.433 e. The van der Waals surface area contributed by atoms with Crippen LogP contribution in [0.4, 0.5) is 5.69 Å². The van der Waals surface area contributed by atoms with Gasteiger partial charge in [0.15, 0.2) is 6.23 Å². The summed E-state index contributed by atoms with van der Waals surface area (Å²) in [6.45, 7) is 0. The van der Waals surface area contributed by atoms with E-state index in [1.165, 1.54) is 0 Å². The molecule has 4 heteroatoms. The SMILES string of the molecule is CN(C)c1ccc(/C=C2/N[C@@H](c3ccccc3)OC2=O)cc1. The van der Waals surface area contributed by atoms with Crippen molar-refractivity contribution in [3.8, 4) is 0 Å². The van der Waals surface area contributed by atoms with Gasteiger partial charge in [-0.3, -0.25) is 0 Å². The quantitative estimate of drug-likeness (QED) is 0.698. The van der Waals surface area contributed by atoms with E-state index in [9.17, 15) is 4.79 Å². The maximum Gasteiger partial charge on any atom is 0.356 e. The zero-order chi connectivity index (χ0) is 15.5. The number of anilines is 1. The van der Waals surface area contributed by atoms with E-state index in [4.69, 9.17) is 4.74 Å². The van der Waals surface area contributed by atoms with Gasteiger partial charge < -0.3 is 15.0 Å². The first-order valence-electron chi connectivity index (χ1n) is 7.15. The van der Waals surface area contributed by atoms with Crippen LogP contribution in [0.25, 0.3) is 6.08 Å². The minimum atomic E-state index is -0.416. The van der Waals surface area contributed by atoms with Gasteiger partial charge in [-0.05, 0) is 23.8 Å². The number of ether oxygens (including phenoxy) is 1. The van der Waals surface area contributed by atoms with Gasteiger partial charge in [-0.1, -0.05) is 42.5 Å². The van der Waals surface area contributed by atoms with Gasteiger partial charge in [-0.2, -0.15) is 0 Å². The van der Waals surface area contributed by atoms with Crippen molar-refractivity contribution >= 4 is 17.7 Å². The first-order chi connectivity index (χ1) is 10.6. The molecule has 0 unspecified atom stereocenters. The van der Waals surface area contributed by atoms with E-state index >= 15 is 0 Å². The third-order valence-corrected chi connectivity index (χ3v) is 3.55. The van der Waals surface area contributed by atoms with Crippen LogP contribution in [-0.2, 0) is 9.53 Å². The first kappa shape index (κ1) is 14.2. The zero-order valence-corrected chi connectivity index (χ0v) is 12.6. The van der Waals surface area contributed by atoms with Crippen molar-refractivity contribution in [2.75, 3.05) is 19.0 Å². The third-order valence-electron chi connectivity index (χ3n) is 3.55. The molecule has 0 spiro atoms. The van der Waals surface area contributed by atoms with E-state index in [2.05, 4.69) is 5.32 Å². The summed E-state index contributed by atoms with van der Waals surface area (Å²) in [6.07, 6.45) is 1.39. The van der Waals surface area contributed by atoms with Crippen LogP contribution in [0.5, 0.6) is 0 Å². The molecule has 1 aliphatic rings. The number of carbonyl (C=O) groups excluding carboxylic acids is 1. The molecule has 1 aliphatic heterocycles. The van der Waals surface area contributed by atoms with Crippen molar-refractivity contribution in [3.05, 3.63) is 71.4 Å². The zero-order valence-electron chi connectivity index (χ0n) is 12.6. The molecular weight excluding hydrogens is 276 g/mol. The lowest BCUT2D eigenvalue weighted by atomic mass is 10.1. The highest BCUT2D eigenvalue weighted by Crippen LogP contribution is 2.24. The molecule has 1 N–H and O–H groups in total. The Morgan fingerprint density at radius 2 is 1.73 bits per heavy atom. The topological polar surface area (TPSA) is 41.6 Å². The van der Waals surface area contributed by atoms with Crippen molar-refractivity contribution in [2.24, 2.45) is 0 Å². The third kappa shape index (κ3) is 2.96. The van der Waals surface area contributed by atoms with Crippen LogP contribution >= 0.6 is 0 Å². The molecule has 1 saturated heterocycles. The number of benzene rings is 2. The molecule has 1 fully saturated rings. The summed E-state index contributed by atoms with van der Waals surface area (Å²) in [5.41, 5.74) is 3.48. The highest BCUT2D eigenvalue weighted by molar-refractivity contribution is 5.95. The number of hydrogen-bond acceptors (Lipinski definition) is 4. The molecule has 112 valence electrons. The molecule has 4 nitrogen and oxygen atoms in total. The summed E-state index contributed by atoms with van der Waals surface area (Å²) in [7, 11) is 3.99. The molecule has 2 aromatic rings. The second-order valence-corrected chi connectivity index (χ2v) is 5.38. The normalized spacial score (nSPS) is 18.9. The summed E-state index contributed by atoms with van der Waals surface area (Å²) in [5, 5.41) is 3.12. The number of nitrogens with one attached hydrogen (secondary N) is 1. The standard InChI is InChI=1S/C18H18N2O2/c1-20(2)15-10-8-13(9-11-15)12-16-18(21)22-17(19-16)14-6-4-3-5-7-14/h3-12,17,19H,1-2H3/b16-12+/t17-/m1/s1. The fourth-order valence-corrected chi connectivity index (χ4v) is 2.32. The molecule has 0 amide bonds. The molecule has 0 radical (unpaired) electrons. The van der Waals surface area contributed by atoms with E-state index in [0.29, 0.717) is 5.70 Å². The van der Waals surface area contributed by atoms with Gasteiger partial charge in [0.2, 0.25) is 0 Å². The number of carbonyl (C=O) groups is 1. The predicted octanol–water partition coefficient (Wildman–Crippen LogP) is 2.94. The average molecular weight is 294 g/mol. The summed E-state index contributed by atoms with van der Waals surface area (Å²) in [4.78, 5) is 14.0. The van der Waals surface area contributed by atoms with Gasteiger partial charge in [-0.15, -0.1) is 0 Å². The number of nitrogens with zero attached hydrogens (tertiary/aromatic N) is 1. The lowest BCUT2D eigenvalue weighted by Gasteiger charge is -2.12. The Balaban J connectivity index is 1.78. The average Bonchev–Trinajstić information content (AvgIpc) is 2.90. The Morgan fingerprint density at radius 3 is 2.36 bits per heavy atom. The Hall–Kier alpha value is -2.75. The number of esters is 1. The summed E-state index contributed by atoms with van der Waals surface area (Å²) in [5.74, 6) is -0.328. The Labute approximate surface area is 130 Å². The number of hydrogen-bond donors (Lipinski definition) is 1. The maximum atomic E-state index is 12.0. The second kappa shape index (κ2) is 5.93. The van der Waals surface area contributed by atoms with Gasteiger partial charge in [0.05, 0.1) is 0 Å². The largest absolute Gasteiger partial charge is 0.433 e. The van der Waals surface area contributed by atoms with E-state index in [1.54, 1.807) is 0 Å². The first-order valence-corrected chi connectivity index (χ1v) is 7.15. The number of cyclic esters (lactones) is 1. The molecule has 1 heterocycles. The van der Waals surface area contributed by atoms with Crippen molar-refractivity contribution in [3.63, 3.8) is 0 Å². The van der Waals surface area contributed by atoms with Gasteiger partial charge in [0, 0.05) is 25.3 Å². The summed E-state index contributed by atoms with van der Waals surface area (Å²) in [6, 6.07) is 17.6. The second-order valence-electron chi connectivity index (χ2n) is 5.38. The van der Waals surface area contributed by atoms with E-state index < -0.39 is 6.23 Å². The van der Waals surface area contributed by atoms with E-state index in [0.717, 1.165) is 16.8 Å². The fourth-order valence-electron chi connectivity index (χ4n) is 2.32. The molecule has 0 aliphatic carbocycles. The highest BCUT2D eigenvalue weighted by atomic mass is 16.6. The monoisotopic (exact) mass is 294 g/mol. The van der Waals surface area contributed by atoms with Crippen LogP contribution < -0.4 is 10.2 Å². The van der Waals surface area contributed by atoms with Crippen molar-refractivity contribution in [2.45, 2.75) is 6.23 Å². The van der Waals surface area contributed by atoms with Crippen molar-refractivity contribution in [1.29, 1.82) is 0 Å². The molecule has 1 atom stereocenters. The van der Waals surface area contributed by atoms with E-state index in [-0.39, 0.29) is 5.97 Å².